The van der Waals surface area contributed by atoms with E-state index in [2.05, 4.69) is 38.9 Å². The van der Waals surface area contributed by atoms with Gasteiger partial charge in [0.1, 0.15) is 17.2 Å². The summed E-state index contributed by atoms with van der Waals surface area (Å²) >= 11 is 0. The maximum absolute atomic E-state index is 15.0. The van der Waals surface area contributed by atoms with Crippen molar-refractivity contribution in [2.75, 3.05) is 32.5 Å². The van der Waals surface area contributed by atoms with Gasteiger partial charge in [-0.1, -0.05) is 12.1 Å². The van der Waals surface area contributed by atoms with Crippen LogP contribution in [0.4, 0.5) is 24.2 Å². The Hall–Kier alpha value is -4.06. The van der Waals surface area contributed by atoms with Crippen LogP contribution in [-0.4, -0.2) is 63.6 Å². The average Bonchev–Trinajstić information content (AvgIpc) is 3.32. The summed E-state index contributed by atoms with van der Waals surface area (Å²) in [6.45, 7) is 5.33. The number of piperidine rings is 1. The molecule has 3 aliphatic rings. The lowest BCUT2D eigenvalue weighted by Crippen LogP contribution is -2.52. The van der Waals surface area contributed by atoms with Crippen LogP contribution in [0, 0.1) is 11.6 Å². The Morgan fingerprint density at radius 1 is 1.14 bits per heavy atom. The van der Waals surface area contributed by atoms with Crippen molar-refractivity contribution in [1.29, 1.82) is 0 Å². The second kappa shape index (κ2) is 10.9. The van der Waals surface area contributed by atoms with Crippen molar-refractivity contribution in [1.82, 2.24) is 29.7 Å². The zero-order chi connectivity index (χ0) is 30.5. The van der Waals surface area contributed by atoms with Gasteiger partial charge < -0.3 is 19.5 Å². The molecule has 3 amide bonds. The Morgan fingerprint density at radius 3 is 2.65 bits per heavy atom. The molecule has 3 aliphatic heterocycles. The lowest BCUT2D eigenvalue weighted by atomic mass is 9.83. The van der Waals surface area contributed by atoms with Crippen LogP contribution in [0.3, 0.4) is 0 Å². The summed E-state index contributed by atoms with van der Waals surface area (Å²) < 4.78 is 37.1. The van der Waals surface area contributed by atoms with Crippen molar-refractivity contribution >= 4 is 17.9 Å². The van der Waals surface area contributed by atoms with Crippen LogP contribution < -0.4 is 10.6 Å². The van der Waals surface area contributed by atoms with Crippen molar-refractivity contribution in [3.8, 4) is 0 Å². The Balaban J connectivity index is 1.24. The molecular formula is C31H37F2N7O3. The minimum Gasteiger partial charge on any atom is -0.437 e. The maximum Gasteiger partial charge on any atom is 0.413 e. The first-order chi connectivity index (χ1) is 20.5. The number of aromatic nitrogens is 3. The number of imidazole rings is 1. The number of nitrogens with one attached hydrogen (secondary N) is 2. The number of carbonyl (C=O) groups excluding carboxylic acids is 2. The molecule has 2 N–H and O–H groups in total. The molecule has 10 nitrogen and oxygen atoms in total. The van der Waals surface area contributed by atoms with E-state index in [4.69, 9.17) is 9.72 Å². The highest BCUT2D eigenvalue weighted by Crippen LogP contribution is 2.43. The van der Waals surface area contributed by atoms with Gasteiger partial charge in [0.25, 0.3) is 0 Å². The number of anilines is 1. The molecule has 228 valence electrons. The van der Waals surface area contributed by atoms with Crippen molar-refractivity contribution in [2.24, 2.45) is 0 Å². The van der Waals surface area contributed by atoms with Gasteiger partial charge in [0.2, 0.25) is 0 Å². The Bertz CT molecular complexity index is 1550. The molecule has 5 heterocycles. The number of benzene rings is 1. The van der Waals surface area contributed by atoms with Crippen molar-refractivity contribution in [3.63, 3.8) is 0 Å². The van der Waals surface area contributed by atoms with Gasteiger partial charge in [-0.25, -0.2) is 28.3 Å². The molecule has 0 unspecified atom stereocenters. The van der Waals surface area contributed by atoms with E-state index >= 15 is 0 Å². The van der Waals surface area contributed by atoms with Crippen LogP contribution >= 0.6 is 0 Å². The first-order valence-electron chi connectivity index (χ1n) is 14.7. The van der Waals surface area contributed by atoms with Crippen LogP contribution in [0.25, 0.3) is 0 Å². The third-order valence-corrected chi connectivity index (χ3v) is 9.53. The summed E-state index contributed by atoms with van der Waals surface area (Å²) in [5.41, 5.74) is 0.819. The summed E-state index contributed by atoms with van der Waals surface area (Å²) in [6.07, 6.45) is 4.81. The molecule has 12 heteroatoms. The molecule has 1 saturated heterocycles. The monoisotopic (exact) mass is 593 g/mol. The molecule has 2 aromatic heterocycles. The van der Waals surface area contributed by atoms with Crippen LogP contribution in [0.2, 0.25) is 0 Å². The fourth-order valence-electron chi connectivity index (χ4n) is 6.52. The normalized spacial score (nSPS) is 21.5. The molecular weight excluding hydrogens is 556 g/mol. The standard InChI is InChI=1S/C31H37F2N7O3/c1-30(2,38(3)4)24-17-35-27-23(11-10-19(18-40(24)27)20-7-5-9-22(32)25(20)33)36-28(41)39-15-12-31(13-16-39)21-8-6-14-34-26(21)37-29(42)43-31/h5-9,14,17,19,23H,10-13,15-16,18H2,1-4H3,(H,36,41)(H,34,37,42)/t19-,23-/m1/s1. The van der Waals surface area contributed by atoms with Crippen molar-refractivity contribution in [2.45, 2.75) is 69.2 Å². The predicted octanol–water partition coefficient (Wildman–Crippen LogP) is 5.23. The molecule has 0 aliphatic carbocycles. The number of hydrogen-bond donors (Lipinski definition) is 2. The highest BCUT2D eigenvalue weighted by atomic mass is 19.2. The molecule has 0 bridgehead atoms. The number of ether oxygens (including phenoxy) is 1. The minimum absolute atomic E-state index is 0.245. The molecule has 1 aromatic carbocycles. The van der Waals surface area contributed by atoms with Gasteiger partial charge in [0.15, 0.2) is 11.6 Å². The topological polar surface area (TPSA) is 105 Å². The molecule has 1 fully saturated rings. The third-order valence-electron chi connectivity index (χ3n) is 9.53. The maximum atomic E-state index is 15.0. The summed E-state index contributed by atoms with van der Waals surface area (Å²) in [5.74, 6) is -0.823. The first kappa shape index (κ1) is 29.0. The summed E-state index contributed by atoms with van der Waals surface area (Å²) in [5, 5.41) is 5.84. The number of halogens is 2. The molecule has 3 aromatic rings. The lowest BCUT2D eigenvalue weighted by Gasteiger charge is -2.43. The SMILES string of the molecule is CN(C)C(C)(C)c1cnc2n1C[C@H](c1cccc(F)c1F)CC[C@H]2NC(=O)N1CCC2(CC1)OC(=O)Nc1ncccc12. The molecule has 2 atom stereocenters. The molecule has 1 spiro atoms. The fourth-order valence-corrected chi connectivity index (χ4v) is 6.52. The second-order valence-electron chi connectivity index (χ2n) is 12.4. The Morgan fingerprint density at radius 2 is 1.91 bits per heavy atom. The molecule has 0 saturated carbocycles. The highest BCUT2D eigenvalue weighted by Gasteiger charge is 2.46. The summed E-state index contributed by atoms with van der Waals surface area (Å²) in [6, 6.07) is 7.33. The van der Waals surface area contributed by atoms with Crippen LogP contribution in [0.5, 0.6) is 0 Å². The van der Waals surface area contributed by atoms with E-state index in [-0.39, 0.29) is 11.9 Å². The largest absolute Gasteiger partial charge is 0.437 e. The van der Waals surface area contributed by atoms with Gasteiger partial charge in [-0.3, -0.25) is 10.2 Å². The quantitative estimate of drug-likeness (QED) is 0.429. The number of pyridine rings is 1. The van der Waals surface area contributed by atoms with Crippen LogP contribution in [-0.2, 0) is 22.4 Å². The number of carbonyl (C=O) groups is 2. The van der Waals surface area contributed by atoms with E-state index in [9.17, 15) is 18.4 Å². The van der Waals surface area contributed by atoms with E-state index in [1.165, 1.54) is 6.07 Å². The van der Waals surface area contributed by atoms with Gasteiger partial charge in [0, 0.05) is 50.2 Å². The minimum atomic E-state index is -0.869. The van der Waals surface area contributed by atoms with Gasteiger partial charge >= 0.3 is 12.1 Å². The number of fused-ring (bicyclic) bond motifs is 3. The molecule has 6 rings (SSSR count). The fraction of sp³-hybridized carbons (Fsp3) is 0.484. The van der Waals surface area contributed by atoms with E-state index in [1.54, 1.807) is 17.2 Å². The van der Waals surface area contributed by atoms with E-state index in [0.29, 0.717) is 62.5 Å². The van der Waals surface area contributed by atoms with Crippen molar-refractivity contribution < 1.29 is 23.1 Å². The number of likely N-dealkylation sites (tertiary alicyclic amines) is 1. The lowest BCUT2D eigenvalue weighted by molar-refractivity contribution is -0.0308. The number of nitrogens with zero attached hydrogens (tertiary/aromatic N) is 5. The van der Waals surface area contributed by atoms with Gasteiger partial charge in [-0.15, -0.1) is 0 Å². The molecule has 43 heavy (non-hydrogen) atoms. The van der Waals surface area contributed by atoms with E-state index < -0.39 is 34.9 Å². The zero-order valence-electron chi connectivity index (χ0n) is 24.9. The van der Waals surface area contributed by atoms with Crippen LogP contribution in [0.1, 0.15) is 74.1 Å². The Labute approximate surface area is 249 Å². The number of urea groups is 1. The Kier molecular flexibility index (Phi) is 7.35. The van der Waals surface area contributed by atoms with Gasteiger partial charge in [-0.05, 0) is 64.5 Å². The van der Waals surface area contributed by atoms with Gasteiger partial charge in [0.05, 0.1) is 23.5 Å². The highest BCUT2D eigenvalue weighted by molar-refractivity contribution is 5.87. The summed E-state index contributed by atoms with van der Waals surface area (Å²) in [7, 11) is 3.97. The van der Waals surface area contributed by atoms with Crippen LogP contribution in [0.15, 0.2) is 42.7 Å². The number of rotatable bonds is 4. The second-order valence-corrected chi connectivity index (χ2v) is 12.4. The molecule has 0 radical (unpaired) electrons. The predicted molar refractivity (Wildman–Crippen MR) is 155 cm³/mol. The summed E-state index contributed by atoms with van der Waals surface area (Å²) in [4.78, 5) is 38.8. The number of hydrogen-bond acceptors (Lipinski definition) is 6. The van der Waals surface area contributed by atoms with E-state index in [0.717, 1.165) is 17.3 Å². The zero-order valence-corrected chi connectivity index (χ0v) is 24.9. The van der Waals surface area contributed by atoms with Crippen molar-refractivity contribution in [3.05, 3.63) is 77.0 Å². The van der Waals surface area contributed by atoms with E-state index in [1.807, 2.05) is 32.4 Å². The average molecular weight is 594 g/mol. The smallest absolute Gasteiger partial charge is 0.413 e. The third kappa shape index (κ3) is 5.11. The van der Waals surface area contributed by atoms with Gasteiger partial charge in [-0.2, -0.15) is 0 Å². The number of amides is 3. The first-order valence-corrected chi connectivity index (χ1v) is 14.7.